The summed E-state index contributed by atoms with van der Waals surface area (Å²) in [4.78, 5) is 0. The number of ether oxygens (including phenoxy) is 1. The van der Waals surface area contributed by atoms with Gasteiger partial charge in [0, 0.05) is 0 Å². The van der Waals surface area contributed by atoms with Crippen LogP contribution in [0.25, 0.3) is 0 Å². The van der Waals surface area contributed by atoms with Gasteiger partial charge in [-0.1, -0.05) is 20.8 Å². The molecule has 0 radical (unpaired) electrons. The van der Waals surface area contributed by atoms with Crippen LogP contribution in [-0.4, -0.2) is 25.3 Å². The average Bonchev–Trinajstić information content (AvgIpc) is 1.81. The SMILES string of the molecule is CC(C)(C)CCNC1(C)COC1. The zero-order chi connectivity index (χ0) is 9.24. The molecule has 1 saturated heterocycles. The summed E-state index contributed by atoms with van der Waals surface area (Å²) in [5.74, 6) is 0. The fourth-order valence-electron chi connectivity index (χ4n) is 1.25. The Bertz CT molecular complexity index is 144. The first-order valence-electron chi connectivity index (χ1n) is 4.74. The lowest BCUT2D eigenvalue weighted by Gasteiger charge is -2.39. The summed E-state index contributed by atoms with van der Waals surface area (Å²) in [7, 11) is 0. The summed E-state index contributed by atoms with van der Waals surface area (Å²) < 4.78 is 5.16. The third-order valence-corrected chi connectivity index (χ3v) is 2.27. The lowest BCUT2D eigenvalue weighted by molar-refractivity contribution is -0.0646. The van der Waals surface area contributed by atoms with Gasteiger partial charge in [0.15, 0.2) is 0 Å². The molecule has 2 heteroatoms. The second-order valence-corrected chi connectivity index (χ2v) is 5.29. The van der Waals surface area contributed by atoms with E-state index in [4.69, 9.17) is 4.74 Å². The molecule has 0 bridgehead atoms. The molecule has 1 fully saturated rings. The monoisotopic (exact) mass is 171 g/mol. The standard InChI is InChI=1S/C10H21NO/c1-9(2,3)5-6-11-10(4)7-12-8-10/h11H,5-8H2,1-4H3. The van der Waals surface area contributed by atoms with E-state index in [0.717, 1.165) is 19.8 Å². The first-order valence-corrected chi connectivity index (χ1v) is 4.74. The van der Waals surface area contributed by atoms with E-state index >= 15 is 0 Å². The first-order chi connectivity index (χ1) is 5.41. The lowest BCUT2D eigenvalue weighted by atomic mass is 9.91. The first kappa shape index (κ1) is 10.0. The zero-order valence-corrected chi connectivity index (χ0v) is 8.74. The number of hydrogen-bond donors (Lipinski definition) is 1. The van der Waals surface area contributed by atoms with E-state index < -0.39 is 0 Å². The van der Waals surface area contributed by atoms with Gasteiger partial charge in [0.2, 0.25) is 0 Å². The van der Waals surface area contributed by atoms with E-state index in [2.05, 4.69) is 33.0 Å². The molecular weight excluding hydrogens is 150 g/mol. The van der Waals surface area contributed by atoms with Crippen molar-refractivity contribution in [3.8, 4) is 0 Å². The van der Waals surface area contributed by atoms with Crippen molar-refractivity contribution < 1.29 is 4.74 Å². The van der Waals surface area contributed by atoms with Crippen LogP contribution in [-0.2, 0) is 4.74 Å². The minimum absolute atomic E-state index is 0.269. The minimum Gasteiger partial charge on any atom is -0.377 e. The van der Waals surface area contributed by atoms with Crippen LogP contribution in [0.5, 0.6) is 0 Å². The highest BCUT2D eigenvalue weighted by atomic mass is 16.5. The largest absolute Gasteiger partial charge is 0.377 e. The molecule has 0 aromatic carbocycles. The number of rotatable bonds is 3. The predicted molar refractivity (Wildman–Crippen MR) is 51.3 cm³/mol. The molecule has 0 unspecified atom stereocenters. The highest BCUT2D eigenvalue weighted by Gasteiger charge is 2.32. The molecule has 1 aliphatic heterocycles. The number of nitrogens with one attached hydrogen (secondary N) is 1. The van der Waals surface area contributed by atoms with E-state index in [1.165, 1.54) is 6.42 Å². The molecule has 0 saturated carbocycles. The Balaban J connectivity index is 2.10. The quantitative estimate of drug-likeness (QED) is 0.699. The van der Waals surface area contributed by atoms with Gasteiger partial charge in [0.25, 0.3) is 0 Å². The maximum atomic E-state index is 5.16. The van der Waals surface area contributed by atoms with Gasteiger partial charge in [-0.25, -0.2) is 0 Å². The van der Waals surface area contributed by atoms with Crippen LogP contribution >= 0.6 is 0 Å². The highest BCUT2D eigenvalue weighted by Crippen LogP contribution is 2.20. The second-order valence-electron chi connectivity index (χ2n) is 5.29. The maximum absolute atomic E-state index is 5.16. The molecule has 1 rings (SSSR count). The van der Waals surface area contributed by atoms with Gasteiger partial charge in [-0.05, 0) is 25.3 Å². The van der Waals surface area contributed by atoms with E-state index in [0.29, 0.717) is 5.41 Å². The molecule has 72 valence electrons. The van der Waals surface area contributed by atoms with Crippen LogP contribution in [0.2, 0.25) is 0 Å². The Kier molecular flexibility index (Phi) is 2.79. The second kappa shape index (κ2) is 3.35. The van der Waals surface area contributed by atoms with Gasteiger partial charge in [0.1, 0.15) is 0 Å². The summed E-state index contributed by atoms with van der Waals surface area (Å²) >= 11 is 0. The van der Waals surface area contributed by atoms with Crippen LogP contribution in [0, 0.1) is 5.41 Å². The summed E-state index contributed by atoms with van der Waals surface area (Å²) in [5, 5.41) is 3.53. The molecule has 12 heavy (non-hydrogen) atoms. The molecule has 0 spiro atoms. The Morgan fingerprint density at radius 2 is 1.92 bits per heavy atom. The molecule has 0 aromatic heterocycles. The minimum atomic E-state index is 0.269. The molecule has 0 aromatic rings. The van der Waals surface area contributed by atoms with Gasteiger partial charge in [-0.3, -0.25) is 0 Å². The molecule has 2 nitrogen and oxygen atoms in total. The van der Waals surface area contributed by atoms with Gasteiger partial charge in [0.05, 0.1) is 18.8 Å². The molecule has 1 N–H and O–H groups in total. The maximum Gasteiger partial charge on any atom is 0.0669 e. The van der Waals surface area contributed by atoms with Crippen LogP contribution in [0.15, 0.2) is 0 Å². The topological polar surface area (TPSA) is 21.3 Å². The third-order valence-electron chi connectivity index (χ3n) is 2.27. The van der Waals surface area contributed by atoms with Crippen molar-refractivity contribution in [2.45, 2.75) is 39.7 Å². The lowest BCUT2D eigenvalue weighted by Crippen LogP contribution is -2.58. The molecule has 0 aliphatic carbocycles. The fraction of sp³-hybridized carbons (Fsp3) is 1.00. The molecular formula is C10H21NO. The van der Waals surface area contributed by atoms with E-state index in [1.807, 2.05) is 0 Å². The van der Waals surface area contributed by atoms with E-state index in [-0.39, 0.29) is 5.54 Å². The summed E-state index contributed by atoms with van der Waals surface area (Å²) in [6, 6.07) is 0. The molecule has 0 amide bonds. The van der Waals surface area contributed by atoms with Crippen molar-refractivity contribution in [2.75, 3.05) is 19.8 Å². The Morgan fingerprint density at radius 3 is 2.25 bits per heavy atom. The number of hydrogen-bond acceptors (Lipinski definition) is 2. The third kappa shape index (κ3) is 3.11. The summed E-state index contributed by atoms with van der Waals surface area (Å²) in [5.41, 5.74) is 0.708. The summed E-state index contributed by atoms with van der Waals surface area (Å²) in [6.45, 7) is 11.9. The van der Waals surface area contributed by atoms with Crippen molar-refractivity contribution in [3.05, 3.63) is 0 Å². The molecule has 1 heterocycles. The highest BCUT2D eigenvalue weighted by molar-refractivity contribution is 4.89. The van der Waals surface area contributed by atoms with Crippen molar-refractivity contribution in [1.82, 2.24) is 5.32 Å². The fourth-order valence-corrected chi connectivity index (χ4v) is 1.25. The van der Waals surface area contributed by atoms with Crippen LogP contribution in [0.3, 0.4) is 0 Å². The normalized spacial score (nSPS) is 22.0. The van der Waals surface area contributed by atoms with E-state index in [9.17, 15) is 0 Å². The molecule has 0 atom stereocenters. The Labute approximate surface area is 75.7 Å². The van der Waals surface area contributed by atoms with Crippen molar-refractivity contribution in [1.29, 1.82) is 0 Å². The van der Waals surface area contributed by atoms with Crippen LogP contribution in [0.1, 0.15) is 34.1 Å². The molecule has 1 aliphatic rings. The van der Waals surface area contributed by atoms with Crippen molar-refractivity contribution in [3.63, 3.8) is 0 Å². The van der Waals surface area contributed by atoms with Crippen molar-refractivity contribution in [2.24, 2.45) is 5.41 Å². The van der Waals surface area contributed by atoms with Gasteiger partial charge >= 0.3 is 0 Å². The summed E-state index contributed by atoms with van der Waals surface area (Å²) in [6.07, 6.45) is 1.22. The van der Waals surface area contributed by atoms with Crippen molar-refractivity contribution >= 4 is 0 Å². The van der Waals surface area contributed by atoms with Gasteiger partial charge in [-0.15, -0.1) is 0 Å². The Morgan fingerprint density at radius 1 is 1.33 bits per heavy atom. The predicted octanol–water partition coefficient (Wildman–Crippen LogP) is 1.80. The Hall–Kier alpha value is -0.0800. The average molecular weight is 171 g/mol. The van der Waals surface area contributed by atoms with Gasteiger partial charge in [-0.2, -0.15) is 0 Å². The van der Waals surface area contributed by atoms with E-state index in [1.54, 1.807) is 0 Å². The zero-order valence-electron chi connectivity index (χ0n) is 8.74. The van der Waals surface area contributed by atoms with Crippen LogP contribution < -0.4 is 5.32 Å². The smallest absolute Gasteiger partial charge is 0.0669 e. The van der Waals surface area contributed by atoms with Gasteiger partial charge < -0.3 is 10.1 Å². The van der Waals surface area contributed by atoms with Crippen LogP contribution in [0.4, 0.5) is 0 Å².